The molecule has 1 saturated heterocycles. The third kappa shape index (κ3) is 1.91. The van der Waals surface area contributed by atoms with Crippen LogP contribution in [0.25, 0.3) is 0 Å². The SMILES string of the molecule is Cc1c(N)ncnc1NC1CC(=O)N(C)C1=O. The van der Waals surface area contributed by atoms with E-state index in [1.165, 1.54) is 13.4 Å². The molecule has 2 rings (SSSR count). The van der Waals surface area contributed by atoms with Gasteiger partial charge in [-0.05, 0) is 6.92 Å². The van der Waals surface area contributed by atoms with Gasteiger partial charge < -0.3 is 11.1 Å². The molecule has 1 unspecified atom stereocenters. The number of aromatic nitrogens is 2. The topological polar surface area (TPSA) is 101 Å². The maximum atomic E-state index is 11.7. The second kappa shape index (κ2) is 4.00. The van der Waals surface area contributed by atoms with Crippen LogP contribution in [-0.2, 0) is 9.59 Å². The summed E-state index contributed by atoms with van der Waals surface area (Å²) < 4.78 is 0. The van der Waals surface area contributed by atoms with Crippen LogP contribution in [0, 0.1) is 6.92 Å². The Bertz CT molecular complexity index is 488. The summed E-state index contributed by atoms with van der Waals surface area (Å²) in [5, 5.41) is 2.92. The summed E-state index contributed by atoms with van der Waals surface area (Å²) >= 11 is 0. The number of rotatable bonds is 2. The van der Waals surface area contributed by atoms with Gasteiger partial charge in [0.15, 0.2) is 0 Å². The lowest BCUT2D eigenvalue weighted by Gasteiger charge is -2.13. The van der Waals surface area contributed by atoms with Gasteiger partial charge in [0.1, 0.15) is 24.0 Å². The Balaban J connectivity index is 2.20. The lowest BCUT2D eigenvalue weighted by molar-refractivity contribution is -0.136. The Morgan fingerprint density at radius 2 is 2.18 bits per heavy atom. The summed E-state index contributed by atoms with van der Waals surface area (Å²) in [6, 6.07) is -0.569. The van der Waals surface area contributed by atoms with Crippen molar-refractivity contribution in [2.24, 2.45) is 0 Å². The van der Waals surface area contributed by atoms with Crippen LogP contribution in [0.15, 0.2) is 6.33 Å². The van der Waals surface area contributed by atoms with E-state index >= 15 is 0 Å². The van der Waals surface area contributed by atoms with Crippen LogP contribution < -0.4 is 11.1 Å². The average molecular weight is 235 g/mol. The minimum absolute atomic E-state index is 0.138. The van der Waals surface area contributed by atoms with E-state index in [4.69, 9.17) is 5.73 Å². The number of hydrogen-bond donors (Lipinski definition) is 2. The monoisotopic (exact) mass is 235 g/mol. The van der Waals surface area contributed by atoms with Crippen molar-refractivity contribution in [2.75, 3.05) is 18.1 Å². The van der Waals surface area contributed by atoms with Gasteiger partial charge in [-0.2, -0.15) is 0 Å². The average Bonchev–Trinajstić information content (AvgIpc) is 2.53. The van der Waals surface area contributed by atoms with Crippen LogP contribution in [0.1, 0.15) is 12.0 Å². The van der Waals surface area contributed by atoms with Gasteiger partial charge in [-0.25, -0.2) is 9.97 Å². The Morgan fingerprint density at radius 3 is 2.76 bits per heavy atom. The normalized spacial score (nSPS) is 19.9. The van der Waals surface area contributed by atoms with Gasteiger partial charge in [0.05, 0.1) is 6.42 Å². The quantitative estimate of drug-likeness (QED) is 0.672. The molecule has 2 amide bonds. The molecule has 2 heterocycles. The zero-order valence-electron chi connectivity index (χ0n) is 9.60. The van der Waals surface area contributed by atoms with Crippen molar-refractivity contribution in [3.05, 3.63) is 11.9 Å². The number of carbonyl (C=O) groups is 2. The van der Waals surface area contributed by atoms with Crippen molar-refractivity contribution in [1.29, 1.82) is 0 Å². The third-order valence-electron chi connectivity index (χ3n) is 2.82. The van der Waals surface area contributed by atoms with E-state index in [0.717, 1.165) is 4.90 Å². The lowest BCUT2D eigenvalue weighted by Crippen LogP contribution is -2.32. The number of likely N-dealkylation sites (tertiary alicyclic amines) is 1. The molecule has 1 atom stereocenters. The molecule has 0 saturated carbocycles. The maximum absolute atomic E-state index is 11.7. The molecule has 1 fully saturated rings. The predicted molar refractivity (Wildman–Crippen MR) is 61.0 cm³/mol. The zero-order valence-corrected chi connectivity index (χ0v) is 9.60. The molecule has 0 aromatic carbocycles. The van der Waals surface area contributed by atoms with Crippen LogP contribution in [0.2, 0.25) is 0 Å². The van der Waals surface area contributed by atoms with E-state index in [1.807, 2.05) is 0 Å². The van der Waals surface area contributed by atoms with E-state index in [-0.39, 0.29) is 18.2 Å². The summed E-state index contributed by atoms with van der Waals surface area (Å²) in [7, 11) is 1.47. The van der Waals surface area contributed by atoms with Crippen LogP contribution >= 0.6 is 0 Å². The minimum Gasteiger partial charge on any atom is -0.383 e. The predicted octanol–water partition coefficient (Wildman–Crippen LogP) is -0.464. The van der Waals surface area contributed by atoms with Crippen molar-refractivity contribution in [2.45, 2.75) is 19.4 Å². The molecule has 0 radical (unpaired) electrons. The first kappa shape index (κ1) is 11.3. The molecular formula is C10H13N5O2. The van der Waals surface area contributed by atoms with E-state index in [1.54, 1.807) is 6.92 Å². The molecule has 3 N–H and O–H groups in total. The summed E-state index contributed by atoms with van der Waals surface area (Å²) in [5.41, 5.74) is 6.30. The number of imide groups is 1. The molecule has 1 aromatic rings. The van der Waals surface area contributed by atoms with Crippen molar-refractivity contribution in [3.8, 4) is 0 Å². The molecule has 0 bridgehead atoms. The smallest absolute Gasteiger partial charge is 0.251 e. The van der Waals surface area contributed by atoms with Crippen molar-refractivity contribution in [1.82, 2.24) is 14.9 Å². The van der Waals surface area contributed by atoms with Crippen LogP contribution in [0.3, 0.4) is 0 Å². The highest BCUT2D eigenvalue weighted by molar-refractivity contribution is 6.06. The molecule has 7 nitrogen and oxygen atoms in total. The van der Waals surface area contributed by atoms with Gasteiger partial charge in [0.2, 0.25) is 5.91 Å². The summed E-state index contributed by atoms with van der Waals surface area (Å²) in [5.74, 6) is 0.380. The molecule has 0 spiro atoms. The number of anilines is 2. The Morgan fingerprint density at radius 1 is 1.47 bits per heavy atom. The molecule has 1 aromatic heterocycles. The number of hydrogen-bond acceptors (Lipinski definition) is 6. The second-order valence-corrected chi connectivity index (χ2v) is 3.92. The number of nitrogens with one attached hydrogen (secondary N) is 1. The van der Waals surface area contributed by atoms with E-state index in [9.17, 15) is 9.59 Å². The van der Waals surface area contributed by atoms with Crippen molar-refractivity contribution >= 4 is 23.5 Å². The van der Waals surface area contributed by atoms with E-state index in [2.05, 4.69) is 15.3 Å². The highest BCUT2D eigenvalue weighted by Crippen LogP contribution is 2.20. The first-order chi connectivity index (χ1) is 8.00. The fourth-order valence-corrected chi connectivity index (χ4v) is 1.64. The summed E-state index contributed by atoms with van der Waals surface area (Å²) in [6.45, 7) is 1.75. The Hall–Kier alpha value is -2.18. The fourth-order valence-electron chi connectivity index (χ4n) is 1.64. The standard InChI is InChI=1S/C10H13N5O2/c1-5-8(11)12-4-13-9(5)14-6-3-7(16)15(2)10(6)17/h4,6H,3H2,1-2H3,(H3,11,12,13,14). The number of likely N-dealkylation sites (N-methyl/N-ethyl adjacent to an activating group) is 1. The summed E-state index contributed by atoms with van der Waals surface area (Å²) in [6.07, 6.45) is 1.45. The van der Waals surface area contributed by atoms with Crippen LogP contribution in [-0.4, -0.2) is 39.8 Å². The largest absolute Gasteiger partial charge is 0.383 e. The molecule has 7 heteroatoms. The first-order valence-corrected chi connectivity index (χ1v) is 5.14. The number of nitrogens with zero attached hydrogens (tertiary/aromatic N) is 3. The number of carbonyl (C=O) groups excluding carboxylic acids is 2. The van der Waals surface area contributed by atoms with Gasteiger partial charge in [0, 0.05) is 12.6 Å². The van der Waals surface area contributed by atoms with Gasteiger partial charge in [0.25, 0.3) is 5.91 Å². The van der Waals surface area contributed by atoms with Gasteiger partial charge >= 0.3 is 0 Å². The molecule has 17 heavy (non-hydrogen) atoms. The Labute approximate surface area is 98.0 Å². The van der Waals surface area contributed by atoms with Crippen LogP contribution in [0.4, 0.5) is 11.6 Å². The van der Waals surface area contributed by atoms with E-state index in [0.29, 0.717) is 17.2 Å². The lowest BCUT2D eigenvalue weighted by atomic mass is 10.2. The van der Waals surface area contributed by atoms with Gasteiger partial charge in [-0.15, -0.1) is 0 Å². The van der Waals surface area contributed by atoms with E-state index < -0.39 is 6.04 Å². The zero-order chi connectivity index (χ0) is 12.6. The number of amides is 2. The second-order valence-electron chi connectivity index (χ2n) is 3.92. The third-order valence-corrected chi connectivity index (χ3v) is 2.82. The highest BCUT2D eigenvalue weighted by Gasteiger charge is 2.36. The number of nitrogen functional groups attached to an aromatic ring is 1. The molecular weight excluding hydrogens is 222 g/mol. The van der Waals surface area contributed by atoms with Gasteiger partial charge in [-0.3, -0.25) is 14.5 Å². The number of nitrogens with two attached hydrogens (primary N) is 1. The first-order valence-electron chi connectivity index (χ1n) is 5.14. The molecule has 90 valence electrons. The van der Waals surface area contributed by atoms with Crippen molar-refractivity contribution in [3.63, 3.8) is 0 Å². The minimum atomic E-state index is -0.569. The molecule has 0 aliphatic carbocycles. The fraction of sp³-hybridized carbons (Fsp3) is 0.400. The highest BCUT2D eigenvalue weighted by atomic mass is 16.2. The Kier molecular flexibility index (Phi) is 2.66. The maximum Gasteiger partial charge on any atom is 0.251 e. The van der Waals surface area contributed by atoms with Crippen LogP contribution in [0.5, 0.6) is 0 Å². The molecule has 1 aliphatic rings. The van der Waals surface area contributed by atoms with Crippen molar-refractivity contribution < 1.29 is 9.59 Å². The molecule has 1 aliphatic heterocycles. The van der Waals surface area contributed by atoms with Gasteiger partial charge in [-0.1, -0.05) is 0 Å². The summed E-state index contributed by atoms with van der Waals surface area (Å²) in [4.78, 5) is 32.0.